The van der Waals surface area contributed by atoms with Crippen LogP contribution in [-0.4, -0.2) is 63.3 Å². The van der Waals surface area contributed by atoms with E-state index < -0.39 is 11.5 Å². The maximum atomic E-state index is 11.1. The number of carboxylic acids is 1. The van der Waals surface area contributed by atoms with Gasteiger partial charge in [-0.25, -0.2) is 0 Å². The van der Waals surface area contributed by atoms with Gasteiger partial charge in [0.15, 0.2) is 0 Å². The van der Waals surface area contributed by atoms with Crippen LogP contribution in [0.2, 0.25) is 0 Å². The van der Waals surface area contributed by atoms with Gasteiger partial charge in [0.25, 0.3) is 0 Å². The van der Waals surface area contributed by atoms with Gasteiger partial charge >= 0.3 is 5.97 Å². The molecule has 2 unspecified atom stereocenters. The number of hydrogen-bond acceptors (Lipinski definition) is 5. The van der Waals surface area contributed by atoms with E-state index in [-0.39, 0.29) is 6.10 Å². The topological polar surface area (TPSA) is 77.0 Å². The van der Waals surface area contributed by atoms with Gasteiger partial charge in [-0.1, -0.05) is 0 Å². The second-order valence-corrected chi connectivity index (χ2v) is 4.73. The highest BCUT2D eigenvalue weighted by Crippen LogP contribution is 2.14. The summed E-state index contributed by atoms with van der Waals surface area (Å²) in [5.74, 6) is -0.874. The van der Waals surface area contributed by atoms with Crippen LogP contribution in [0.15, 0.2) is 0 Å². The molecule has 0 aliphatic heterocycles. The highest BCUT2D eigenvalue weighted by atomic mass is 16.5. The Kier molecular flexibility index (Phi) is 9.77. The summed E-state index contributed by atoms with van der Waals surface area (Å²) in [6, 6.07) is 0. The molecular formula is C13H27NO5. The van der Waals surface area contributed by atoms with Crippen LogP contribution in [0, 0.1) is 0 Å². The normalized spacial score (nSPS) is 16.0. The van der Waals surface area contributed by atoms with Gasteiger partial charge in [-0.3, -0.25) is 4.79 Å². The van der Waals surface area contributed by atoms with Gasteiger partial charge in [0.05, 0.1) is 19.3 Å². The maximum Gasteiger partial charge on any atom is 0.323 e. The second kappa shape index (κ2) is 10.1. The molecule has 0 aromatic carbocycles. The van der Waals surface area contributed by atoms with Crippen LogP contribution >= 0.6 is 0 Å². The minimum absolute atomic E-state index is 0.142. The standard InChI is InChI=1S/C13H27NO5/c1-11(10-13(2,14-3)12(15)16)19-9-8-18-7-5-6-17-4/h11,14H,5-10H2,1-4H3,(H,15,16). The molecule has 0 radical (unpaired) electrons. The van der Waals surface area contributed by atoms with E-state index in [0.29, 0.717) is 32.8 Å². The Labute approximate surface area is 115 Å². The zero-order valence-electron chi connectivity index (χ0n) is 12.4. The average molecular weight is 277 g/mol. The highest BCUT2D eigenvalue weighted by molar-refractivity contribution is 5.78. The number of likely N-dealkylation sites (N-methyl/N-ethyl adjacent to an activating group) is 1. The van der Waals surface area contributed by atoms with Crippen molar-refractivity contribution in [3.05, 3.63) is 0 Å². The first-order chi connectivity index (χ1) is 8.96. The van der Waals surface area contributed by atoms with E-state index in [9.17, 15) is 4.79 Å². The molecule has 114 valence electrons. The zero-order chi connectivity index (χ0) is 14.7. The van der Waals surface area contributed by atoms with E-state index in [1.54, 1.807) is 21.1 Å². The number of hydrogen-bond donors (Lipinski definition) is 2. The first-order valence-corrected chi connectivity index (χ1v) is 6.57. The predicted molar refractivity (Wildman–Crippen MR) is 72.4 cm³/mol. The van der Waals surface area contributed by atoms with Gasteiger partial charge in [0.2, 0.25) is 0 Å². The molecule has 0 spiro atoms. The van der Waals surface area contributed by atoms with Gasteiger partial charge in [0.1, 0.15) is 5.54 Å². The Hall–Kier alpha value is -0.690. The molecule has 0 bridgehead atoms. The number of methoxy groups -OCH3 is 1. The smallest absolute Gasteiger partial charge is 0.323 e. The van der Waals surface area contributed by atoms with Crippen molar-refractivity contribution >= 4 is 5.97 Å². The molecule has 0 saturated carbocycles. The van der Waals surface area contributed by atoms with E-state index in [0.717, 1.165) is 6.42 Å². The summed E-state index contributed by atoms with van der Waals surface area (Å²) in [4.78, 5) is 11.1. The maximum absolute atomic E-state index is 11.1. The number of carboxylic acid groups (broad SMARTS) is 1. The first kappa shape index (κ1) is 18.3. The summed E-state index contributed by atoms with van der Waals surface area (Å²) in [5.41, 5.74) is -0.960. The monoisotopic (exact) mass is 277 g/mol. The van der Waals surface area contributed by atoms with Crippen LogP contribution < -0.4 is 5.32 Å². The molecule has 0 aromatic heterocycles. The van der Waals surface area contributed by atoms with Crippen LogP contribution in [-0.2, 0) is 19.0 Å². The molecule has 0 heterocycles. The molecule has 0 aliphatic carbocycles. The molecule has 0 saturated heterocycles. The number of rotatable bonds is 12. The Morgan fingerprint density at radius 2 is 2.00 bits per heavy atom. The Bertz CT molecular complexity index is 249. The van der Waals surface area contributed by atoms with Crippen molar-refractivity contribution in [2.45, 2.75) is 38.3 Å². The van der Waals surface area contributed by atoms with Crippen LogP contribution in [0.4, 0.5) is 0 Å². The van der Waals surface area contributed by atoms with Crippen molar-refractivity contribution in [1.29, 1.82) is 0 Å². The van der Waals surface area contributed by atoms with Crippen LogP contribution in [0.5, 0.6) is 0 Å². The Morgan fingerprint density at radius 1 is 1.32 bits per heavy atom. The van der Waals surface area contributed by atoms with Crippen LogP contribution in [0.3, 0.4) is 0 Å². The molecule has 19 heavy (non-hydrogen) atoms. The number of carbonyl (C=O) groups is 1. The lowest BCUT2D eigenvalue weighted by atomic mass is 9.95. The summed E-state index contributed by atoms with van der Waals surface area (Å²) in [7, 11) is 3.30. The lowest BCUT2D eigenvalue weighted by Gasteiger charge is -2.27. The van der Waals surface area contributed by atoms with E-state index >= 15 is 0 Å². The SMILES string of the molecule is CNC(C)(CC(C)OCCOCCCOC)C(=O)O. The van der Waals surface area contributed by atoms with Crippen molar-refractivity contribution in [2.75, 3.05) is 40.6 Å². The van der Waals surface area contributed by atoms with E-state index in [4.69, 9.17) is 19.3 Å². The number of ether oxygens (including phenoxy) is 3. The number of nitrogens with one attached hydrogen (secondary N) is 1. The molecule has 6 heteroatoms. The minimum atomic E-state index is -0.960. The molecule has 2 atom stereocenters. The van der Waals surface area contributed by atoms with Crippen LogP contribution in [0.1, 0.15) is 26.7 Å². The molecule has 0 amide bonds. The fraction of sp³-hybridized carbons (Fsp3) is 0.923. The molecule has 2 N–H and O–H groups in total. The Balaban J connectivity index is 3.69. The summed E-state index contributed by atoms with van der Waals surface area (Å²) < 4.78 is 15.8. The molecule has 6 nitrogen and oxygen atoms in total. The van der Waals surface area contributed by atoms with Crippen molar-refractivity contribution in [2.24, 2.45) is 0 Å². The molecule has 0 aliphatic rings. The van der Waals surface area contributed by atoms with Gasteiger partial charge in [-0.15, -0.1) is 0 Å². The minimum Gasteiger partial charge on any atom is -0.480 e. The van der Waals surface area contributed by atoms with Crippen molar-refractivity contribution in [3.63, 3.8) is 0 Å². The lowest BCUT2D eigenvalue weighted by Crippen LogP contribution is -2.49. The van der Waals surface area contributed by atoms with Crippen LogP contribution in [0.25, 0.3) is 0 Å². The quantitative estimate of drug-likeness (QED) is 0.516. The highest BCUT2D eigenvalue weighted by Gasteiger charge is 2.33. The van der Waals surface area contributed by atoms with Crippen molar-refractivity contribution in [3.8, 4) is 0 Å². The third kappa shape index (κ3) is 8.15. The van der Waals surface area contributed by atoms with E-state index in [1.807, 2.05) is 6.92 Å². The van der Waals surface area contributed by atoms with E-state index in [2.05, 4.69) is 5.32 Å². The summed E-state index contributed by atoms with van der Waals surface area (Å²) >= 11 is 0. The van der Waals surface area contributed by atoms with Crippen molar-refractivity contribution < 1.29 is 24.1 Å². The molecule has 0 fully saturated rings. The molecule has 0 aromatic rings. The van der Waals surface area contributed by atoms with E-state index in [1.165, 1.54) is 0 Å². The molecular weight excluding hydrogens is 250 g/mol. The Morgan fingerprint density at radius 3 is 2.53 bits per heavy atom. The third-order valence-corrected chi connectivity index (χ3v) is 2.99. The van der Waals surface area contributed by atoms with Gasteiger partial charge in [-0.2, -0.15) is 0 Å². The second-order valence-electron chi connectivity index (χ2n) is 4.73. The predicted octanol–water partition coefficient (Wildman–Crippen LogP) is 0.897. The fourth-order valence-corrected chi connectivity index (χ4v) is 1.65. The average Bonchev–Trinajstić information content (AvgIpc) is 2.37. The third-order valence-electron chi connectivity index (χ3n) is 2.99. The lowest BCUT2D eigenvalue weighted by molar-refractivity contribution is -0.145. The first-order valence-electron chi connectivity index (χ1n) is 6.57. The van der Waals surface area contributed by atoms with Crippen molar-refractivity contribution in [1.82, 2.24) is 5.32 Å². The summed E-state index contributed by atoms with van der Waals surface area (Å²) in [6.07, 6.45) is 1.13. The summed E-state index contributed by atoms with van der Waals surface area (Å²) in [5, 5.41) is 11.9. The zero-order valence-corrected chi connectivity index (χ0v) is 12.4. The summed E-state index contributed by atoms with van der Waals surface area (Å²) in [6.45, 7) is 5.83. The fourth-order valence-electron chi connectivity index (χ4n) is 1.65. The number of aliphatic carboxylic acids is 1. The molecule has 0 rings (SSSR count). The van der Waals surface area contributed by atoms with Gasteiger partial charge in [-0.05, 0) is 27.3 Å². The van der Waals surface area contributed by atoms with Gasteiger partial charge < -0.3 is 24.6 Å². The van der Waals surface area contributed by atoms with Gasteiger partial charge in [0, 0.05) is 26.7 Å². The largest absolute Gasteiger partial charge is 0.480 e.